The van der Waals surface area contributed by atoms with E-state index in [0.717, 1.165) is 36.1 Å². The Morgan fingerprint density at radius 2 is 1.67 bits per heavy atom. The quantitative estimate of drug-likeness (QED) is 0.174. The number of ether oxygens (including phenoxy) is 1. The summed E-state index contributed by atoms with van der Waals surface area (Å²) >= 11 is 0. The maximum Gasteiger partial charge on any atom is 0.573 e. The smallest absolute Gasteiger partial charge is 0.402 e. The molecule has 2 amide bonds. The van der Waals surface area contributed by atoms with Gasteiger partial charge >= 0.3 is 6.36 Å². The number of nitrogens with zero attached hydrogens (tertiary/aromatic N) is 4. The molecule has 6 rings (SSSR count). The molecule has 0 saturated carbocycles. The first kappa shape index (κ1) is 35.8. The highest BCUT2D eigenvalue weighted by Crippen LogP contribution is 2.39. The molecule has 4 heterocycles. The van der Waals surface area contributed by atoms with Crippen molar-refractivity contribution in [2.75, 3.05) is 36.4 Å². The number of anilines is 2. The number of nitrogens with one attached hydrogen (secondary N) is 3. The molecule has 2 aliphatic heterocycles. The SMILES string of the molecule is C[C@@H]1CN[C@H](c2ncc(-c3ccc(-c4ccc(C(=O)Nc5ccc(N6CCN(C(=O)C(C)(C)C)C[C@H]6C)nc5)c(F)c4OC(F)(F)F)cc3)[nH]2)C1. The third-order valence-electron chi connectivity index (χ3n) is 9.20. The molecule has 2 fully saturated rings. The average molecular weight is 708 g/mol. The molecule has 3 atom stereocenters. The minimum atomic E-state index is -5.22. The molecule has 10 nitrogen and oxygen atoms in total. The fourth-order valence-electron chi connectivity index (χ4n) is 6.57. The number of H-pyrrole nitrogens is 1. The first-order valence-corrected chi connectivity index (χ1v) is 16.9. The molecule has 3 N–H and O–H groups in total. The van der Waals surface area contributed by atoms with Gasteiger partial charge in [0.25, 0.3) is 5.91 Å². The van der Waals surface area contributed by atoms with E-state index >= 15 is 4.39 Å². The van der Waals surface area contributed by atoms with Gasteiger partial charge < -0.3 is 30.2 Å². The summed E-state index contributed by atoms with van der Waals surface area (Å²) in [5, 5.41) is 5.93. The van der Waals surface area contributed by atoms with E-state index in [1.807, 2.05) is 37.5 Å². The van der Waals surface area contributed by atoms with Crippen LogP contribution in [0.25, 0.3) is 22.4 Å². The van der Waals surface area contributed by atoms with Gasteiger partial charge in [0.15, 0.2) is 11.6 Å². The Labute approximate surface area is 293 Å². The van der Waals surface area contributed by atoms with Crippen LogP contribution in [-0.2, 0) is 4.79 Å². The number of imidazole rings is 1. The van der Waals surface area contributed by atoms with Crippen LogP contribution in [0.4, 0.5) is 29.1 Å². The van der Waals surface area contributed by atoms with Crippen molar-refractivity contribution in [1.82, 2.24) is 25.2 Å². The van der Waals surface area contributed by atoms with Gasteiger partial charge in [-0.15, -0.1) is 13.2 Å². The van der Waals surface area contributed by atoms with Crippen LogP contribution in [0.15, 0.2) is 60.9 Å². The predicted octanol–water partition coefficient (Wildman–Crippen LogP) is 7.18. The first-order chi connectivity index (χ1) is 24.1. The van der Waals surface area contributed by atoms with Crippen LogP contribution in [-0.4, -0.2) is 70.2 Å². The molecule has 0 bridgehead atoms. The number of pyridine rings is 1. The van der Waals surface area contributed by atoms with Gasteiger partial charge in [0, 0.05) is 36.7 Å². The lowest BCUT2D eigenvalue weighted by Gasteiger charge is -2.42. The fourth-order valence-corrected chi connectivity index (χ4v) is 6.57. The zero-order chi connectivity index (χ0) is 36.7. The van der Waals surface area contributed by atoms with Gasteiger partial charge in [0.2, 0.25) is 5.91 Å². The highest BCUT2D eigenvalue weighted by Gasteiger charge is 2.36. The maximum absolute atomic E-state index is 15.8. The molecule has 0 radical (unpaired) electrons. The zero-order valence-electron chi connectivity index (χ0n) is 29.1. The number of rotatable bonds is 7. The van der Waals surface area contributed by atoms with Gasteiger partial charge in [0.1, 0.15) is 11.6 Å². The summed E-state index contributed by atoms with van der Waals surface area (Å²) in [4.78, 5) is 42.0. The van der Waals surface area contributed by atoms with E-state index in [0.29, 0.717) is 31.4 Å². The van der Waals surface area contributed by atoms with E-state index < -0.39 is 34.8 Å². The summed E-state index contributed by atoms with van der Waals surface area (Å²) in [5.41, 5.74) is 0.657. The number of hydrogen-bond donors (Lipinski definition) is 3. The number of halogens is 4. The summed E-state index contributed by atoms with van der Waals surface area (Å²) in [6, 6.07) is 12.2. The monoisotopic (exact) mass is 707 g/mol. The molecule has 2 aliphatic rings. The molecule has 2 saturated heterocycles. The van der Waals surface area contributed by atoms with Crippen molar-refractivity contribution in [3.63, 3.8) is 0 Å². The Morgan fingerprint density at radius 1 is 0.941 bits per heavy atom. The Kier molecular flexibility index (Phi) is 9.82. The highest BCUT2D eigenvalue weighted by atomic mass is 19.4. The Morgan fingerprint density at radius 3 is 2.27 bits per heavy atom. The number of alkyl halides is 3. The molecule has 2 aromatic carbocycles. The second-order valence-electron chi connectivity index (χ2n) is 14.3. The van der Waals surface area contributed by atoms with Gasteiger partial charge in [-0.3, -0.25) is 9.59 Å². The highest BCUT2D eigenvalue weighted by molar-refractivity contribution is 6.05. The second-order valence-corrected chi connectivity index (χ2v) is 14.3. The zero-order valence-corrected chi connectivity index (χ0v) is 29.1. The number of benzene rings is 2. The minimum Gasteiger partial charge on any atom is -0.402 e. The molecular weight excluding hydrogens is 666 g/mol. The van der Waals surface area contributed by atoms with Crippen molar-refractivity contribution in [3.05, 3.63) is 78.1 Å². The molecule has 14 heteroatoms. The van der Waals surface area contributed by atoms with Crippen molar-refractivity contribution < 1.29 is 31.9 Å². The molecule has 0 spiro atoms. The Balaban J connectivity index is 1.17. The van der Waals surface area contributed by atoms with E-state index in [1.54, 1.807) is 42.6 Å². The Bertz CT molecular complexity index is 1890. The summed E-state index contributed by atoms with van der Waals surface area (Å²) < 4.78 is 60.5. The number of aromatic nitrogens is 3. The number of amides is 2. The number of hydrogen-bond acceptors (Lipinski definition) is 7. The van der Waals surface area contributed by atoms with E-state index in [2.05, 4.69) is 37.2 Å². The molecule has 4 aromatic rings. The van der Waals surface area contributed by atoms with E-state index in [1.165, 1.54) is 12.3 Å². The van der Waals surface area contributed by atoms with Gasteiger partial charge in [-0.2, -0.15) is 0 Å². The van der Waals surface area contributed by atoms with Crippen LogP contribution in [0.3, 0.4) is 0 Å². The molecule has 2 aromatic heterocycles. The lowest BCUT2D eigenvalue weighted by molar-refractivity contribution is -0.275. The molecular formula is C37H41F4N7O3. The van der Waals surface area contributed by atoms with E-state index in [9.17, 15) is 22.8 Å². The topological polar surface area (TPSA) is 115 Å². The summed E-state index contributed by atoms with van der Waals surface area (Å²) in [6.07, 6.45) is -1.18. The van der Waals surface area contributed by atoms with Crippen LogP contribution in [0.2, 0.25) is 0 Å². The number of carbonyl (C=O) groups is 2. The lowest BCUT2D eigenvalue weighted by Crippen LogP contribution is -2.56. The molecule has 0 unspecified atom stereocenters. The van der Waals surface area contributed by atoms with Gasteiger partial charge in [0.05, 0.1) is 35.4 Å². The van der Waals surface area contributed by atoms with Crippen LogP contribution >= 0.6 is 0 Å². The van der Waals surface area contributed by atoms with Crippen molar-refractivity contribution in [3.8, 4) is 28.1 Å². The van der Waals surface area contributed by atoms with Crippen LogP contribution in [0, 0.1) is 17.2 Å². The maximum atomic E-state index is 15.8. The second kappa shape index (κ2) is 14.0. The first-order valence-electron chi connectivity index (χ1n) is 16.9. The largest absolute Gasteiger partial charge is 0.573 e. The van der Waals surface area contributed by atoms with Crippen molar-refractivity contribution in [2.24, 2.45) is 11.3 Å². The average Bonchev–Trinajstić information content (AvgIpc) is 3.74. The van der Waals surface area contributed by atoms with Gasteiger partial charge in [-0.05, 0) is 61.2 Å². The van der Waals surface area contributed by atoms with Gasteiger partial charge in [-0.1, -0.05) is 52.0 Å². The predicted molar refractivity (Wildman–Crippen MR) is 186 cm³/mol. The Hall–Kier alpha value is -4.98. The van der Waals surface area contributed by atoms with Crippen molar-refractivity contribution >= 4 is 23.3 Å². The van der Waals surface area contributed by atoms with Crippen molar-refractivity contribution in [2.45, 2.75) is 59.5 Å². The third-order valence-corrected chi connectivity index (χ3v) is 9.20. The molecule has 270 valence electrons. The van der Waals surface area contributed by atoms with E-state index in [-0.39, 0.29) is 34.8 Å². The minimum absolute atomic E-state index is 0.0182. The lowest BCUT2D eigenvalue weighted by atomic mass is 9.94. The van der Waals surface area contributed by atoms with Crippen LogP contribution < -0.4 is 20.3 Å². The standard InChI is InChI=1S/C37H41F4N7O3/c1-21-16-28(42-17-21)33-44-19-29(46-33)24-8-6-23(7-9-24)26-11-12-27(31(38)32(26)51-37(39,40)41)34(49)45-25-10-13-30(43-18-25)48-15-14-47(20-22(48)2)35(50)36(3,4)5/h6-13,18-19,21-22,28,42H,14-17,20H2,1-5H3,(H,44,46)(H,45,49)/t21-,22+,28-/m0/s1. The third kappa shape index (κ3) is 8.01. The molecule has 0 aliphatic carbocycles. The van der Waals surface area contributed by atoms with Crippen LogP contribution in [0.1, 0.15) is 63.3 Å². The van der Waals surface area contributed by atoms with Crippen molar-refractivity contribution in [1.29, 1.82) is 0 Å². The summed E-state index contributed by atoms with van der Waals surface area (Å²) in [6.45, 7) is 12.3. The number of aromatic amines is 1. The fraction of sp³-hybridized carbons (Fsp3) is 0.405. The normalized spacial score (nSPS) is 19.7. The van der Waals surface area contributed by atoms with Gasteiger partial charge in [-0.25, -0.2) is 14.4 Å². The number of carbonyl (C=O) groups excluding carboxylic acids is 2. The van der Waals surface area contributed by atoms with E-state index in [4.69, 9.17) is 0 Å². The molecule has 51 heavy (non-hydrogen) atoms. The summed E-state index contributed by atoms with van der Waals surface area (Å²) in [7, 11) is 0. The summed E-state index contributed by atoms with van der Waals surface area (Å²) in [5.74, 6) is -1.50. The number of piperazine rings is 1. The van der Waals surface area contributed by atoms with Crippen LogP contribution in [0.5, 0.6) is 5.75 Å².